The lowest BCUT2D eigenvalue weighted by Crippen LogP contribution is -2.07. The van der Waals surface area contributed by atoms with Gasteiger partial charge in [0.05, 0.1) is 11.3 Å². The quantitative estimate of drug-likeness (QED) is 0.880. The Morgan fingerprint density at radius 3 is 2.25 bits per heavy atom. The van der Waals surface area contributed by atoms with Gasteiger partial charge in [0.2, 0.25) is 0 Å². The number of benzene rings is 1. The third-order valence-corrected chi connectivity index (χ3v) is 3.21. The van der Waals surface area contributed by atoms with Gasteiger partial charge < -0.3 is 5.32 Å². The molecule has 0 fully saturated rings. The number of hydrogen-bond donors (Lipinski definition) is 1. The van der Waals surface area contributed by atoms with Gasteiger partial charge in [-0.05, 0) is 43.2 Å². The van der Waals surface area contributed by atoms with Crippen LogP contribution in [0.3, 0.4) is 0 Å². The van der Waals surface area contributed by atoms with E-state index in [1.54, 1.807) is 13.1 Å². The summed E-state index contributed by atoms with van der Waals surface area (Å²) in [5.74, 6) is 0.202. The number of aromatic nitrogens is 1. The van der Waals surface area contributed by atoms with Crippen LogP contribution in [0.25, 0.3) is 11.3 Å². The molecule has 1 heterocycles. The summed E-state index contributed by atoms with van der Waals surface area (Å²) in [7, 11) is 1.55. The van der Waals surface area contributed by atoms with Crippen molar-refractivity contribution in [1.29, 1.82) is 0 Å². The first-order chi connectivity index (χ1) is 9.31. The predicted octanol–water partition coefficient (Wildman–Crippen LogP) is 4.43. The molecule has 0 saturated heterocycles. The largest absolute Gasteiger partial charge is 0.416 e. The molecule has 20 heavy (non-hydrogen) atoms. The highest BCUT2D eigenvalue weighted by Crippen LogP contribution is 2.33. The second kappa shape index (κ2) is 5.15. The fourth-order valence-corrected chi connectivity index (χ4v) is 1.87. The van der Waals surface area contributed by atoms with Crippen LogP contribution in [0.4, 0.5) is 19.0 Å². The molecule has 2 nitrogen and oxygen atoms in total. The SMILES string of the molecule is CNc1cc(C(F)(F)F)cc(-c2ccc(C)c(C)c2)n1. The number of hydrogen-bond acceptors (Lipinski definition) is 2. The average Bonchev–Trinajstić information content (AvgIpc) is 2.40. The highest BCUT2D eigenvalue weighted by Gasteiger charge is 2.31. The fourth-order valence-electron chi connectivity index (χ4n) is 1.87. The molecular weight excluding hydrogens is 265 g/mol. The van der Waals surface area contributed by atoms with Crippen molar-refractivity contribution in [2.75, 3.05) is 12.4 Å². The second-order valence-corrected chi connectivity index (χ2v) is 4.67. The molecule has 0 saturated carbocycles. The minimum absolute atomic E-state index is 0.202. The van der Waals surface area contributed by atoms with E-state index in [2.05, 4.69) is 10.3 Å². The molecule has 0 spiro atoms. The molecule has 0 aliphatic heterocycles. The highest BCUT2D eigenvalue weighted by atomic mass is 19.4. The lowest BCUT2D eigenvalue weighted by Gasteiger charge is -2.12. The Morgan fingerprint density at radius 2 is 1.70 bits per heavy atom. The number of nitrogens with zero attached hydrogens (tertiary/aromatic N) is 1. The van der Waals surface area contributed by atoms with Gasteiger partial charge >= 0.3 is 6.18 Å². The molecular formula is C15H15F3N2. The van der Waals surface area contributed by atoms with Crippen LogP contribution in [-0.4, -0.2) is 12.0 Å². The van der Waals surface area contributed by atoms with Gasteiger partial charge in [-0.15, -0.1) is 0 Å². The van der Waals surface area contributed by atoms with Gasteiger partial charge in [0.25, 0.3) is 0 Å². The third-order valence-electron chi connectivity index (χ3n) is 3.21. The maximum atomic E-state index is 12.9. The van der Waals surface area contributed by atoms with Crippen LogP contribution in [0.5, 0.6) is 0 Å². The summed E-state index contributed by atoms with van der Waals surface area (Å²) in [4.78, 5) is 4.20. The number of anilines is 1. The van der Waals surface area contributed by atoms with Crippen LogP contribution in [0.2, 0.25) is 0 Å². The lowest BCUT2D eigenvalue weighted by atomic mass is 10.0. The molecule has 0 radical (unpaired) electrons. The predicted molar refractivity (Wildman–Crippen MR) is 73.7 cm³/mol. The van der Waals surface area contributed by atoms with Crippen molar-refractivity contribution in [2.24, 2.45) is 0 Å². The van der Waals surface area contributed by atoms with E-state index in [1.165, 1.54) is 0 Å². The van der Waals surface area contributed by atoms with E-state index in [0.29, 0.717) is 11.3 Å². The average molecular weight is 280 g/mol. The maximum Gasteiger partial charge on any atom is 0.416 e. The molecule has 0 atom stereocenters. The Hall–Kier alpha value is -2.04. The number of pyridine rings is 1. The van der Waals surface area contributed by atoms with Gasteiger partial charge in [-0.1, -0.05) is 12.1 Å². The van der Waals surface area contributed by atoms with E-state index in [0.717, 1.165) is 23.3 Å². The highest BCUT2D eigenvalue weighted by molar-refractivity contribution is 5.64. The zero-order chi connectivity index (χ0) is 14.9. The monoisotopic (exact) mass is 280 g/mol. The first-order valence-electron chi connectivity index (χ1n) is 6.16. The molecule has 1 N–H and O–H groups in total. The Balaban J connectivity index is 2.58. The Bertz CT molecular complexity index is 634. The molecule has 0 aliphatic carbocycles. The van der Waals surface area contributed by atoms with Crippen LogP contribution in [-0.2, 0) is 6.18 Å². The van der Waals surface area contributed by atoms with Crippen molar-refractivity contribution in [2.45, 2.75) is 20.0 Å². The zero-order valence-electron chi connectivity index (χ0n) is 11.5. The van der Waals surface area contributed by atoms with Gasteiger partial charge in [0.1, 0.15) is 5.82 Å². The van der Waals surface area contributed by atoms with Crippen LogP contribution in [0.15, 0.2) is 30.3 Å². The molecule has 1 aromatic heterocycles. The summed E-state index contributed by atoms with van der Waals surface area (Å²) >= 11 is 0. The molecule has 106 valence electrons. The van der Waals surface area contributed by atoms with Crippen molar-refractivity contribution in [3.05, 3.63) is 47.0 Å². The van der Waals surface area contributed by atoms with Gasteiger partial charge in [-0.25, -0.2) is 4.98 Å². The molecule has 1 aromatic carbocycles. The second-order valence-electron chi connectivity index (χ2n) is 4.67. The normalized spacial score (nSPS) is 11.5. The minimum atomic E-state index is -4.39. The number of nitrogens with one attached hydrogen (secondary N) is 1. The smallest absolute Gasteiger partial charge is 0.373 e. The Kier molecular flexibility index (Phi) is 3.70. The fraction of sp³-hybridized carbons (Fsp3) is 0.267. The minimum Gasteiger partial charge on any atom is -0.373 e. The van der Waals surface area contributed by atoms with E-state index in [4.69, 9.17) is 0 Å². The molecule has 0 bridgehead atoms. The van der Waals surface area contributed by atoms with Gasteiger partial charge in [-0.2, -0.15) is 13.2 Å². The van der Waals surface area contributed by atoms with Crippen molar-refractivity contribution < 1.29 is 13.2 Å². The molecule has 2 aromatic rings. The summed E-state index contributed by atoms with van der Waals surface area (Å²) in [6, 6.07) is 7.59. The summed E-state index contributed by atoms with van der Waals surface area (Å²) in [5, 5.41) is 2.66. The van der Waals surface area contributed by atoms with Crippen molar-refractivity contribution in [3.8, 4) is 11.3 Å². The van der Waals surface area contributed by atoms with E-state index < -0.39 is 11.7 Å². The van der Waals surface area contributed by atoms with Crippen LogP contribution in [0, 0.1) is 13.8 Å². The number of aryl methyl sites for hydroxylation is 2. The van der Waals surface area contributed by atoms with E-state index in [1.807, 2.05) is 26.0 Å². The number of halogens is 3. The van der Waals surface area contributed by atoms with E-state index in [9.17, 15) is 13.2 Å². The summed E-state index contributed by atoms with van der Waals surface area (Å²) < 4.78 is 38.7. The van der Waals surface area contributed by atoms with Crippen molar-refractivity contribution >= 4 is 5.82 Å². The molecule has 0 aliphatic rings. The first-order valence-corrected chi connectivity index (χ1v) is 6.16. The van der Waals surface area contributed by atoms with E-state index in [-0.39, 0.29) is 5.82 Å². The number of alkyl halides is 3. The maximum absolute atomic E-state index is 12.9. The first kappa shape index (κ1) is 14.4. The lowest BCUT2D eigenvalue weighted by molar-refractivity contribution is -0.137. The standard InChI is InChI=1S/C15H15F3N2/c1-9-4-5-11(6-10(9)2)13-7-12(15(16,17)18)8-14(19-3)20-13/h4-8H,1-3H3,(H,19,20). The molecule has 0 amide bonds. The van der Waals surface area contributed by atoms with Crippen molar-refractivity contribution in [1.82, 2.24) is 4.98 Å². The molecule has 0 unspecified atom stereocenters. The Labute approximate surface area is 115 Å². The summed E-state index contributed by atoms with van der Waals surface area (Å²) in [6.45, 7) is 3.88. The molecule has 5 heteroatoms. The molecule has 2 rings (SSSR count). The van der Waals surface area contributed by atoms with Crippen LogP contribution in [0.1, 0.15) is 16.7 Å². The van der Waals surface area contributed by atoms with Crippen molar-refractivity contribution in [3.63, 3.8) is 0 Å². The topological polar surface area (TPSA) is 24.9 Å². The van der Waals surface area contributed by atoms with Crippen LogP contribution < -0.4 is 5.32 Å². The van der Waals surface area contributed by atoms with Gasteiger partial charge in [-0.3, -0.25) is 0 Å². The summed E-state index contributed by atoms with van der Waals surface area (Å²) in [6.07, 6.45) is -4.39. The summed E-state index contributed by atoms with van der Waals surface area (Å²) in [5.41, 5.74) is 2.40. The Morgan fingerprint density at radius 1 is 1.00 bits per heavy atom. The van der Waals surface area contributed by atoms with Crippen LogP contribution >= 0.6 is 0 Å². The number of rotatable bonds is 2. The zero-order valence-corrected chi connectivity index (χ0v) is 11.5. The van der Waals surface area contributed by atoms with Gasteiger partial charge in [0, 0.05) is 12.6 Å². The third kappa shape index (κ3) is 2.92. The van der Waals surface area contributed by atoms with Gasteiger partial charge in [0.15, 0.2) is 0 Å². The van der Waals surface area contributed by atoms with E-state index >= 15 is 0 Å².